The van der Waals surface area contributed by atoms with Crippen LogP contribution in [-0.2, 0) is 13.0 Å². The summed E-state index contributed by atoms with van der Waals surface area (Å²) in [6.45, 7) is 9.64. The van der Waals surface area contributed by atoms with Gasteiger partial charge >= 0.3 is 0 Å². The van der Waals surface area contributed by atoms with E-state index in [1.807, 2.05) is 25.1 Å². The Bertz CT molecular complexity index is 663. The largest absolute Gasteiger partial charge is 0.491 e. The fourth-order valence-electron chi connectivity index (χ4n) is 3.21. The molecule has 0 aliphatic carbocycles. The molecule has 0 radical (unpaired) electrons. The molecule has 0 amide bonds. The number of aromatic nitrogens is 1. The van der Waals surface area contributed by atoms with Gasteiger partial charge in [-0.2, -0.15) is 0 Å². The molecule has 1 aromatic carbocycles. The van der Waals surface area contributed by atoms with Crippen LogP contribution in [0.3, 0.4) is 0 Å². The lowest BCUT2D eigenvalue weighted by Gasteiger charge is -2.35. The summed E-state index contributed by atoms with van der Waals surface area (Å²) in [5.41, 5.74) is 2.21. The molecular weight excluding hydrogens is 330 g/mol. The van der Waals surface area contributed by atoms with Crippen LogP contribution in [0, 0.1) is 6.92 Å². The quantitative estimate of drug-likeness (QED) is 0.779. The zero-order valence-corrected chi connectivity index (χ0v) is 15.7. The van der Waals surface area contributed by atoms with Crippen LogP contribution in [0.15, 0.2) is 34.9 Å². The van der Waals surface area contributed by atoms with Crippen molar-refractivity contribution in [3.63, 3.8) is 0 Å². The zero-order chi connectivity index (χ0) is 18.4. The second-order valence-electron chi connectivity index (χ2n) is 6.97. The molecule has 0 bridgehead atoms. The summed E-state index contributed by atoms with van der Waals surface area (Å²) < 4.78 is 11.0. The minimum Gasteiger partial charge on any atom is -0.491 e. The Morgan fingerprint density at radius 1 is 1.15 bits per heavy atom. The number of nitrogens with zero attached hydrogens (tertiary/aromatic N) is 3. The third-order valence-corrected chi connectivity index (χ3v) is 4.76. The first kappa shape index (κ1) is 18.9. The lowest BCUT2D eigenvalue weighted by molar-refractivity contribution is 0.0430. The number of rotatable bonds is 8. The zero-order valence-electron chi connectivity index (χ0n) is 15.7. The molecule has 2 aromatic rings. The van der Waals surface area contributed by atoms with Crippen LogP contribution in [0.1, 0.15) is 23.9 Å². The molecule has 1 aliphatic heterocycles. The summed E-state index contributed by atoms with van der Waals surface area (Å²) in [5.74, 6) is 1.73. The van der Waals surface area contributed by atoms with Crippen molar-refractivity contribution < 1.29 is 14.4 Å². The Hall–Kier alpha value is -1.89. The summed E-state index contributed by atoms with van der Waals surface area (Å²) in [6, 6.07) is 10.1. The SMILES string of the molecule is CCc1ccc(OCC(O)CN2CCN(Cc3cc(C)no3)CC2)cc1. The summed E-state index contributed by atoms with van der Waals surface area (Å²) in [5, 5.41) is 14.2. The number of benzene rings is 1. The fraction of sp³-hybridized carbons (Fsp3) is 0.550. The predicted molar refractivity (Wildman–Crippen MR) is 100 cm³/mol. The maximum atomic E-state index is 10.3. The van der Waals surface area contributed by atoms with Gasteiger partial charge in [-0.15, -0.1) is 0 Å². The van der Waals surface area contributed by atoms with Crippen molar-refractivity contribution in [1.82, 2.24) is 15.0 Å². The molecule has 0 saturated carbocycles. The lowest BCUT2D eigenvalue weighted by atomic mass is 10.2. The molecule has 1 aliphatic rings. The van der Waals surface area contributed by atoms with E-state index in [-0.39, 0.29) is 0 Å². The molecule has 2 heterocycles. The fourth-order valence-corrected chi connectivity index (χ4v) is 3.21. The molecule has 6 heteroatoms. The predicted octanol–water partition coefficient (Wildman–Crippen LogP) is 2.10. The van der Waals surface area contributed by atoms with E-state index < -0.39 is 6.10 Å². The van der Waals surface area contributed by atoms with Crippen molar-refractivity contribution in [2.24, 2.45) is 0 Å². The van der Waals surface area contributed by atoms with Gasteiger partial charge in [-0.05, 0) is 31.0 Å². The van der Waals surface area contributed by atoms with Gasteiger partial charge in [-0.25, -0.2) is 0 Å². The Labute approximate surface area is 155 Å². The van der Waals surface area contributed by atoms with Crippen molar-refractivity contribution in [2.45, 2.75) is 32.9 Å². The molecule has 1 saturated heterocycles. The van der Waals surface area contributed by atoms with Crippen molar-refractivity contribution in [3.05, 3.63) is 47.3 Å². The maximum Gasteiger partial charge on any atom is 0.150 e. The molecule has 1 atom stereocenters. The van der Waals surface area contributed by atoms with E-state index in [0.717, 1.165) is 56.3 Å². The topological polar surface area (TPSA) is 62.0 Å². The van der Waals surface area contributed by atoms with Crippen LogP contribution in [0.4, 0.5) is 0 Å². The van der Waals surface area contributed by atoms with Crippen LogP contribution in [0.5, 0.6) is 5.75 Å². The average Bonchev–Trinajstić information content (AvgIpc) is 3.07. The van der Waals surface area contributed by atoms with E-state index >= 15 is 0 Å². The van der Waals surface area contributed by atoms with Gasteiger partial charge in [-0.3, -0.25) is 9.80 Å². The second-order valence-corrected chi connectivity index (χ2v) is 6.97. The van der Waals surface area contributed by atoms with Gasteiger partial charge < -0.3 is 14.4 Å². The molecular formula is C20H29N3O3. The summed E-state index contributed by atoms with van der Waals surface area (Å²) in [6.07, 6.45) is 0.537. The Morgan fingerprint density at radius 3 is 2.46 bits per heavy atom. The number of hydrogen-bond donors (Lipinski definition) is 1. The standard InChI is InChI=1S/C20H29N3O3/c1-3-17-4-6-19(7-5-17)25-15-18(24)13-22-8-10-23(11-9-22)14-20-12-16(2)21-26-20/h4-7,12,18,24H,3,8-11,13-15H2,1-2H3. The molecule has 0 spiro atoms. The van der Waals surface area contributed by atoms with Gasteiger partial charge in [0.25, 0.3) is 0 Å². The average molecular weight is 359 g/mol. The summed E-state index contributed by atoms with van der Waals surface area (Å²) >= 11 is 0. The van der Waals surface area contributed by atoms with Gasteiger partial charge in [0, 0.05) is 38.8 Å². The van der Waals surface area contributed by atoms with Gasteiger partial charge in [0.2, 0.25) is 0 Å². The first-order chi connectivity index (χ1) is 12.6. The van der Waals surface area contributed by atoms with E-state index in [9.17, 15) is 5.11 Å². The smallest absolute Gasteiger partial charge is 0.150 e. The van der Waals surface area contributed by atoms with Crippen LogP contribution >= 0.6 is 0 Å². The van der Waals surface area contributed by atoms with E-state index in [4.69, 9.17) is 9.26 Å². The number of hydrogen-bond acceptors (Lipinski definition) is 6. The summed E-state index contributed by atoms with van der Waals surface area (Å²) in [7, 11) is 0. The van der Waals surface area contributed by atoms with Crippen molar-refractivity contribution in [1.29, 1.82) is 0 Å². The Kier molecular flexibility index (Phi) is 6.66. The first-order valence-electron chi connectivity index (χ1n) is 9.39. The van der Waals surface area contributed by atoms with E-state index in [2.05, 4.69) is 34.0 Å². The minimum absolute atomic E-state index is 0.322. The molecule has 26 heavy (non-hydrogen) atoms. The second kappa shape index (κ2) is 9.16. The van der Waals surface area contributed by atoms with Crippen LogP contribution < -0.4 is 4.74 Å². The van der Waals surface area contributed by atoms with Crippen molar-refractivity contribution >= 4 is 0 Å². The highest BCUT2D eigenvalue weighted by atomic mass is 16.5. The highest BCUT2D eigenvalue weighted by molar-refractivity contribution is 5.27. The molecule has 142 valence electrons. The number of ether oxygens (including phenoxy) is 1. The third kappa shape index (κ3) is 5.56. The number of piperazine rings is 1. The van der Waals surface area contributed by atoms with Gasteiger partial charge in [0.1, 0.15) is 18.5 Å². The van der Waals surface area contributed by atoms with Gasteiger partial charge in [0.05, 0.1) is 12.2 Å². The Morgan fingerprint density at radius 2 is 1.85 bits per heavy atom. The number of aliphatic hydroxyl groups excluding tert-OH is 1. The van der Waals surface area contributed by atoms with Crippen LogP contribution in [0.25, 0.3) is 0 Å². The van der Waals surface area contributed by atoms with Crippen molar-refractivity contribution in [3.8, 4) is 5.75 Å². The van der Waals surface area contributed by atoms with Crippen LogP contribution in [-0.4, -0.2) is 65.5 Å². The molecule has 1 fully saturated rings. The molecule has 6 nitrogen and oxygen atoms in total. The van der Waals surface area contributed by atoms with E-state index in [1.54, 1.807) is 0 Å². The minimum atomic E-state index is -0.482. The van der Waals surface area contributed by atoms with Gasteiger partial charge in [-0.1, -0.05) is 24.2 Å². The number of aliphatic hydroxyl groups is 1. The lowest BCUT2D eigenvalue weighted by Crippen LogP contribution is -2.48. The van der Waals surface area contributed by atoms with Crippen molar-refractivity contribution in [2.75, 3.05) is 39.3 Å². The van der Waals surface area contributed by atoms with E-state index in [0.29, 0.717) is 13.2 Å². The molecule has 3 rings (SSSR count). The van der Waals surface area contributed by atoms with E-state index in [1.165, 1.54) is 5.56 Å². The first-order valence-corrected chi connectivity index (χ1v) is 9.39. The van der Waals surface area contributed by atoms with Crippen LogP contribution in [0.2, 0.25) is 0 Å². The summed E-state index contributed by atoms with van der Waals surface area (Å²) in [4.78, 5) is 4.64. The third-order valence-electron chi connectivity index (χ3n) is 4.76. The monoisotopic (exact) mass is 359 g/mol. The maximum absolute atomic E-state index is 10.3. The van der Waals surface area contributed by atoms with Gasteiger partial charge in [0.15, 0.2) is 5.76 Å². The number of β-amino-alcohol motifs (C(OH)–C–C–N with tert-alkyl or cyclic N) is 1. The Balaban J connectivity index is 1.35. The number of aryl methyl sites for hydroxylation is 2. The molecule has 1 N–H and O–H groups in total. The highest BCUT2D eigenvalue weighted by Gasteiger charge is 2.20. The molecule has 1 aromatic heterocycles. The molecule has 1 unspecified atom stereocenters. The normalized spacial score (nSPS) is 17.3. The highest BCUT2D eigenvalue weighted by Crippen LogP contribution is 2.13.